The van der Waals surface area contributed by atoms with Gasteiger partial charge in [0.2, 0.25) is 0 Å². The lowest BCUT2D eigenvalue weighted by Gasteiger charge is -2.03. The zero-order valence-electron chi connectivity index (χ0n) is 10.3. The molecule has 1 aromatic carbocycles. The number of nitrogens with zero attached hydrogens (tertiary/aromatic N) is 2. The minimum absolute atomic E-state index is 0.662. The van der Waals surface area contributed by atoms with Crippen LogP contribution in [0.5, 0.6) is 0 Å². The third-order valence-corrected chi connectivity index (χ3v) is 4.05. The van der Waals surface area contributed by atoms with Crippen LogP contribution in [0.2, 0.25) is 5.02 Å². The topological polar surface area (TPSA) is 43.8 Å². The van der Waals surface area contributed by atoms with Crippen molar-refractivity contribution in [1.82, 2.24) is 9.78 Å². The lowest BCUT2D eigenvalue weighted by Crippen LogP contribution is -1.95. The lowest BCUT2D eigenvalue weighted by molar-refractivity contribution is 0.884. The number of rotatable bonds is 2. The zero-order valence-corrected chi connectivity index (χ0v) is 11.9. The zero-order chi connectivity index (χ0) is 13.4. The van der Waals surface area contributed by atoms with Gasteiger partial charge in [0.25, 0.3) is 0 Å². The Kier molecular flexibility index (Phi) is 3.05. The van der Waals surface area contributed by atoms with Crippen molar-refractivity contribution in [1.29, 1.82) is 0 Å². The van der Waals surface area contributed by atoms with Gasteiger partial charge < -0.3 is 5.73 Å². The predicted molar refractivity (Wildman–Crippen MR) is 81.0 cm³/mol. The highest BCUT2D eigenvalue weighted by atomic mass is 35.5. The Balaban J connectivity index is 2.07. The van der Waals surface area contributed by atoms with Gasteiger partial charge in [0.05, 0.1) is 17.6 Å². The minimum Gasteiger partial charge on any atom is -0.396 e. The van der Waals surface area contributed by atoms with Crippen LogP contribution in [0, 0.1) is 6.92 Å². The molecule has 0 atom stereocenters. The molecule has 0 radical (unpaired) electrons. The Morgan fingerprint density at radius 3 is 2.84 bits per heavy atom. The van der Waals surface area contributed by atoms with Crippen molar-refractivity contribution in [2.75, 3.05) is 5.73 Å². The molecule has 0 bridgehead atoms. The summed E-state index contributed by atoms with van der Waals surface area (Å²) in [5.74, 6) is 0. The molecule has 0 fully saturated rings. The first-order chi connectivity index (χ1) is 9.15. The summed E-state index contributed by atoms with van der Waals surface area (Å²) >= 11 is 7.77. The van der Waals surface area contributed by atoms with E-state index in [1.165, 1.54) is 0 Å². The molecule has 3 nitrogen and oxygen atoms in total. The Bertz CT molecular complexity index is 716. The molecule has 0 spiro atoms. The number of hydrogen-bond acceptors (Lipinski definition) is 3. The number of thiophene rings is 1. The highest BCUT2D eigenvalue weighted by Crippen LogP contribution is 2.28. The van der Waals surface area contributed by atoms with E-state index in [0.29, 0.717) is 5.69 Å². The van der Waals surface area contributed by atoms with Gasteiger partial charge in [-0.15, -0.1) is 0 Å². The van der Waals surface area contributed by atoms with Crippen molar-refractivity contribution >= 4 is 28.6 Å². The lowest BCUT2D eigenvalue weighted by atomic mass is 10.2. The van der Waals surface area contributed by atoms with E-state index in [4.69, 9.17) is 17.3 Å². The van der Waals surface area contributed by atoms with Crippen LogP contribution < -0.4 is 5.73 Å². The molecular weight excluding hydrogens is 278 g/mol. The normalized spacial score (nSPS) is 10.8. The molecule has 96 valence electrons. The fourth-order valence-electron chi connectivity index (χ4n) is 1.87. The van der Waals surface area contributed by atoms with Crippen LogP contribution in [0.4, 0.5) is 5.69 Å². The maximum absolute atomic E-state index is 6.14. The first kappa shape index (κ1) is 12.3. The van der Waals surface area contributed by atoms with Crippen molar-refractivity contribution < 1.29 is 0 Å². The third kappa shape index (κ3) is 2.25. The smallest absolute Gasteiger partial charge is 0.116 e. The summed E-state index contributed by atoms with van der Waals surface area (Å²) in [6, 6.07) is 7.85. The number of aryl methyl sites for hydroxylation is 1. The minimum atomic E-state index is 0.662. The van der Waals surface area contributed by atoms with Crippen LogP contribution in [0.15, 0.2) is 41.2 Å². The largest absolute Gasteiger partial charge is 0.396 e. The van der Waals surface area contributed by atoms with Gasteiger partial charge in [-0.05, 0) is 36.1 Å². The van der Waals surface area contributed by atoms with E-state index in [-0.39, 0.29) is 0 Å². The van der Waals surface area contributed by atoms with E-state index in [9.17, 15) is 0 Å². The van der Waals surface area contributed by atoms with Crippen LogP contribution >= 0.6 is 22.9 Å². The van der Waals surface area contributed by atoms with Crippen LogP contribution in [-0.2, 0) is 0 Å². The number of hydrogen-bond donors (Lipinski definition) is 1. The number of aromatic nitrogens is 2. The van der Waals surface area contributed by atoms with E-state index in [2.05, 4.69) is 5.10 Å². The van der Waals surface area contributed by atoms with E-state index in [1.54, 1.807) is 16.0 Å². The van der Waals surface area contributed by atoms with Crippen molar-refractivity contribution in [2.45, 2.75) is 6.92 Å². The van der Waals surface area contributed by atoms with Crippen LogP contribution in [-0.4, -0.2) is 9.78 Å². The highest BCUT2D eigenvalue weighted by molar-refractivity contribution is 7.08. The number of halogens is 1. The summed E-state index contributed by atoms with van der Waals surface area (Å²) < 4.78 is 1.76. The first-order valence-corrected chi connectivity index (χ1v) is 7.11. The molecule has 0 aliphatic carbocycles. The molecule has 0 aliphatic heterocycles. The summed E-state index contributed by atoms with van der Waals surface area (Å²) in [5, 5.41) is 9.30. The maximum Gasteiger partial charge on any atom is 0.116 e. The fourth-order valence-corrected chi connectivity index (χ4v) is 2.68. The molecule has 0 saturated carbocycles. The molecule has 2 N–H and O–H groups in total. The van der Waals surface area contributed by atoms with Gasteiger partial charge in [0.15, 0.2) is 0 Å². The number of anilines is 1. The second-order valence-electron chi connectivity index (χ2n) is 4.32. The van der Waals surface area contributed by atoms with Crippen molar-refractivity contribution in [3.63, 3.8) is 0 Å². The van der Waals surface area contributed by atoms with Crippen molar-refractivity contribution in [2.24, 2.45) is 0 Å². The summed E-state index contributed by atoms with van der Waals surface area (Å²) in [6.07, 6.45) is 1.81. The Morgan fingerprint density at radius 2 is 2.16 bits per heavy atom. The van der Waals surface area contributed by atoms with E-state index in [1.807, 2.05) is 48.1 Å². The molecule has 19 heavy (non-hydrogen) atoms. The molecular formula is C14H12ClN3S. The van der Waals surface area contributed by atoms with Crippen LogP contribution in [0.3, 0.4) is 0 Å². The average molecular weight is 290 g/mol. The number of benzene rings is 1. The SMILES string of the molecule is Cc1ccc(-n2cc(N)c(-c3ccsc3)n2)cc1Cl. The van der Waals surface area contributed by atoms with Gasteiger partial charge >= 0.3 is 0 Å². The van der Waals surface area contributed by atoms with Gasteiger partial charge in [0.1, 0.15) is 5.69 Å². The summed E-state index contributed by atoms with van der Waals surface area (Å²) in [6.45, 7) is 1.97. The summed E-state index contributed by atoms with van der Waals surface area (Å²) in [7, 11) is 0. The summed E-state index contributed by atoms with van der Waals surface area (Å²) in [4.78, 5) is 0. The van der Waals surface area contributed by atoms with E-state index >= 15 is 0 Å². The van der Waals surface area contributed by atoms with Gasteiger partial charge in [-0.2, -0.15) is 16.4 Å². The standard InChI is InChI=1S/C14H12ClN3S/c1-9-2-3-11(6-12(9)15)18-7-13(16)14(17-18)10-4-5-19-8-10/h2-8H,16H2,1H3. The van der Waals surface area contributed by atoms with Gasteiger partial charge in [0, 0.05) is 16.0 Å². The maximum atomic E-state index is 6.14. The molecule has 0 unspecified atom stereocenters. The molecule has 0 amide bonds. The van der Waals surface area contributed by atoms with E-state index < -0.39 is 0 Å². The molecule has 2 aromatic heterocycles. The van der Waals surface area contributed by atoms with Gasteiger partial charge in [-0.1, -0.05) is 17.7 Å². The molecule has 0 saturated heterocycles. The van der Waals surface area contributed by atoms with Crippen molar-refractivity contribution in [3.05, 3.63) is 51.8 Å². The van der Waals surface area contributed by atoms with Crippen LogP contribution in [0.25, 0.3) is 16.9 Å². The Morgan fingerprint density at radius 1 is 1.32 bits per heavy atom. The monoisotopic (exact) mass is 289 g/mol. The second-order valence-corrected chi connectivity index (χ2v) is 5.51. The number of nitrogens with two attached hydrogens (primary N) is 1. The van der Waals surface area contributed by atoms with Crippen LogP contribution in [0.1, 0.15) is 5.56 Å². The van der Waals surface area contributed by atoms with Gasteiger partial charge in [-0.25, -0.2) is 4.68 Å². The third-order valence-electron chi connectivity index (χ3n) is 2.96. The van der Waals surface area contributed by atoms with Crippen molar-refractivity contribution in [3.8, 4) is 16.9 Å². The second kappa shape index (κ2) is 4.72. The molecule has 3 aromatic rings. The molecule has 0 aliphatic rings. The van der Waals surface area contributed by atoms with E-state index in [0.717, 1.165) is 27.5 Å². The quantitative estimate of drug-likeness (QED) is 0.770. The fraction of sp³-hybridized carbons (Fsp3) is 0.0714. The first-order valence-electron chi connectivity index (χ1n) is 5.79. The predicted octanol–water partition coefficient (Wildman–Crippen LogP) is 4.14. The highest BCUT2D eigenvalue weighted by Gasteiger charge is 2.10. The Hall–Kier alpha value is -1.78. The molecule has 5 heteroatoms. The average Bonchev–Trinajstić information content (AvgIpc) is 3.01. The molecule has 3 rings (SSSR count). The number of nitrogen functional groups attached to an aromatic ring is 1. The van der Waals surface area contributed by atoms with Gasteiger partial charge in [-0.3, -0.25) is 0 Å². The Labute approximate surface area is 120 Å². The molecule has 2 heterocycles. The summed E-state index contributed by atoms with van der Waals surface area (Å²) in [5.41, 5.74) is 10.5.